The summed E-state index contributed by atoms with van der Waals surface area (Å²) in [4.78, 5) is 2.44. The lowest BCUT2D eigenvalue weighted by Gasteiger charge is -2.45. The van der Waals surface area contributed by atoms with E-state index >= 15 is 0 Å². The summed E-state index contributed by atoms with van der Waals surface area (Å²) in [5, 5.41) is 0. The normalized spacial score (nSPS) is 28.2. The molecular formula is C15H30N2. The van der Waals surface area contributed by atoms with Crippen LogP contribution in [-0.2, 0) is 0 Å². The predicted octanol–water partition coefficient (Wildman–Crippen LogP) is 3.16. The Labute approximate surface area is 107 Å². The molecular weight excluding hydrogens is 208 g/mol. The Balaban J connectivity index is 2.07. The van der Waals surface area contributed by atoms with E-state index < -0.39 is 0 Å². The minimum Gasteiger partial charge on any atom is -0.326 e. The molecule has 0 heterocycles. The van der Waals surface area contributed by atoms with Crippen molar-refractivity contribution in [1.29, 1.82) is 0 Å². The van der Waals surface area contributed by atoms with Crippen molar-refractivity contribution >= 4 is 0 Å². The first-order valence-corrected chi connectivity index (χ1v) is 7.60. The van der Waals surface area contributed by atoms with Crippen molar-refractivity contribution < 1.29 is 0 Å². The van der Waals surface area contributed by atoms with Gasteiger partial charge in [0.25, 0.3) is 0 Å². The highest BCUT2D eigenvalue weighted by Crippen LogP contribution is 2.41. The van der Waals surface area contributed by atoms with E-state index in [4.69, 9.17) is 5.73 Å². The van der Waals surface area contributed by atoms with E-state index in [1.807, 2.05) is 0 Å². The Bertz CT molecular complexity index is 223. The zero-order valence-corrected chi connectivity index (χ0v) is 11.8. The van der Waals surface area contributed by atoms with Crippen LogP contribution in [0.4, 0.5) is 0 Å². The van der Waals surface area contributed by atoms with Gasteiger partial charge in [0.2, 0.25) is 0 Å². The number of nitrogens with zero attached hydrogens (tertiary/aromatic N) is 1. The lowest BCUT2D eigenvalue weighted by atomic mass is 9.77. The number of hydrogen-bond donors (Lipinski definition) is 1. The summed E-state index contributed by atoms with van der Waals surface area (Å²) >= 11 is 0. The van der Waals surface area contributed by atoms with Crippen molar-refractivity contribution in [3.8, 4) is 0 Å². The minimum absolute atomic E-state index is 0.314. The Hall–Kier alpha value is -0.0800. The smallest absolute Gasteiger partial charge is 0.0357 e. The van der Waals surface area contributed by atoms with E-state index in [0.29, 0.717) is 11.6 Å². The van der Waals surface area contributed by atoms with E-state index in [0.717, 1.165) is 5.92 Å². The first-order chi connectivity index (χ1) is 8.17. The zero-order valence-electron chi connectivity index (χ0n) is 11.8. The van der Waals surface area contributed by atoms with E-state index in [1.165, 1.54) is 64.2 Å². The van der Waals surface area contributed by atoms with Crippen LogP contribution in [0.25, 0.3) is 0 Å². The third kappa shape index (κ3) is 2.68. The lowest BCUT2D eigenvalue weighted by molar-refractivity contribution is 0.0889. The molecule has 2 aliphatic rings. The van der Waals surface area contributed by atoms with Gasteiger partial charge in [0.05, 0.1) is 0 Å². The Morgan fingerprint density at radius 3 is 1.94 bits per heavy atom. The quantitative estimate of drug-likeness (QED) is 0.765. The van der Waals surface area contributed by atoms with Crippen LogP contribution in [0.15, 0.2) is 0 Å². The molecule has 2 N–H and O–H groups in total. The van der Waals surface area contributed by atoms with Crippen LogP contribution in [0.3, 0.4) is 0 Å². The fourth-order valence-corrected chi connectivity index (χ4v) is 4.17. The van der Waals surface area contributed by atoms with Crippen LogP contribution in [0.5, 0.6) is 0 Å². The SMILES string of the molecule is CN(C)C1(C(N)C2CCCCCC2)CCCC1. The maximum absolute atomic E-state index is 6.72. The molecule has 0 radical (unpaired) electrons. The van der Waals surface area contributed by atoms with Crippen LogP contribution in [0.1, 0.15) is 64.2 Å². The molecule has 0 amide bonds. The molecule has 0 aromatic carbocycles. The molecule has 2 rings (SSSR count). The zero-order chi connectivity index (χ0) is 12.3. The highest BCUT2D eigenvalue weighted by Gasteiger charge is 2.44. The van der Waals surface area contributed by atoms with Crippen LogP contribution in [0, 0.1) is 5.92 Å². The van der Waals surface area contributed by atoms with Crippen molar-refractivity contribution in [2.75, 3.05) is 14.1 Å². The first kappa shape index (κ1) is 13.4. The number of likely N-dealkylation sites (N-methyl/N-ethyl adjacent to an activating group) is 1. The van der Waals surface area contributed by atoms with Gasteiger partial charge in [-0.25, -0.2) is 0 Å². The van der Waals surface area contributed by atoms with E-state index in [9.17, 15) is 0 Å². The van der Waals surface area contributed by atoms with Gasteiger partial charge in [0.1, 0.15) is 0 Å². The van der Waals surface area contributed by atoms with E-state index in [2.05, 4.69) is 19.0 Å². The molecule has 0 aromatic rings. The van der Waals surface area contributed by atoms with Crippen LogP contribution in [0.2, 0.25) is 0 Å². The molecule has 2 fully saturated rings. The third-order valence-corrected chi connectivity index (χ3v) is 5.39. The number of hydrogen-bond acceptors (Lipinski definition) is 2. The van der Waals surface area contributed by atoms with Crippen molar-refractivity contribution in [3.63, 3.8) is 0 Å². The predicted molar refractivity (Wildman–Crippen MR) is 74.1 cm³/mol. The first-order valence-electron chi connectivity index (χ1n) is 7.60. The van der Waals surface area contributed by atoms with Crippen LogP contribution < -0.4 is 5.73 Å². The van der Waals surface area contributed by atoms with Gasteiger partial charge >= 0.3 is 0 Å². The van der Waals surface area contributed by atoms with Gasteiger partial charge in [-0.15, -0.1) is 0 Å². The highest BCUT2D eigenvalue weighted by molar-refractivity contribution is 5.03. The van der Waals surface area contributed by atoms with Gasteiger partial charge in [0, 0.05) is 11.6 Å². The van der Waals surface area contributed by atoms with E-state index in [-0.39, 0.29) is 0 Å². The molecule has 0 spiro atoms. The van der Waals surface area contributed by atoms with Crippen molar-refractivity contribution in [2.45, 2.75) is 75.8 Å². The van der Waals surface area contributed by atoms with Crippen molar-refractivity contribution in [3.05, 3.63) is 0 Å². The van der Waals surface area contributed by atoms with Gasteiger partial charge in [-0.05, 0) is 45.7 Å². The molecule has 17 heavy (non-hydrogen) atoms. The maximum atomic E-state index is 6.72. The molecule has 2 saturated carbocycles. The van der Waals surface area contributed by atoms with Gasteiger partial charge in [-0.3, -0.25) is 0 Å². The summed E-state index contributed by atoms with van der Waals surface area (Å²) < 4.78 is 0. The molecule has 1 atom stereocenters. The van der Waals surface area contributed by atoms with Crippen LogP contribution >= 0.6 is 0 Å². The molecule has 0 aromatic heterocycles. The summed E-state index contributed by atoms with van der Waals surface area (Å²) in [7, 11) is 4.48. The van der Waals surface area contributed by atoms with E-state index in [1.54, 1.807) is 0 Å². The molecule has 2 aliphatic carbocycles. The second kappa shape index (κ2) is 5.71. The monoisotopic (exact) mass is 238 g/mol. The molecule has 1 unspecified atom stereocenters. The summed E-state index contributed by atoms with van der Waals surface area (Å²) in [6.07, 6.45) is 13.8. The Kier molecular flexibility index (Phi) is 4.48. The fourth-order valence-electron chi connectivity index (χ4n) is 4.17. The third-order valence-electron chi connectivity index (χ3n) is 5.39. The summed E-state index contributed by atoms with van der Waals surface area (Å²) in [6.45, 7) is 0. The molecule has 2 nitrogen and oxygen atoms in total. The van der Waals surface area contributed by atoms with Gasteiger partial charge in [-0.1, -0.05) is 38.5 Å². The number of nitrogens with two attached hydrogens (primary N) is 1. The fraction of sp³-hybridized carbons (Fsp3) is 1.00. The van der Waals surface area contributed by atoms with Gasteiger partial charge in [-0.2, -0.15) is 0 Å². The second-order valence-corrected chi connectivity index (χ2v) is 6.48. The molecule has 2 heteroatoms. The average molecular weight is 238 g/mol. The molecule has 0 aliphatic heterocycles. The molecule has 0 bridgehead atoms. The standard InChI is InChI=1S/C15H30N2/c1-17(2)15(11-7-8-12-15)14(16)13-9-5-3-4-6-10-13/h13-14H,3-12,16H2,1-2H3. The largest absolute Gasteiger partial charge is 0.326 e. The van der Waals surface area contributed by atoms with Crippen LogP contribution in [-0.4, -0.2) is 30.6 Å². The van der Waals surface area contributed by atoms with Gasteiger partial charge < -0.3 is 10.6 Å². The highest BCUT2D eigenvalue weighted by atomic mass is 15.2. The Morgan fingerprint density at radius 2 is 1.47 bits per heavy atom. The molecule has 100 valence electrons. The minimum atomic E-state index is 0.314. The maximum Gasteiger partial charge on any atom is 0.0357 e. The Morgan fingerprint density at radius 1 is 0.941 bits per heavy atom. The lowest BCUT2D eigenvalue weighted by Crippen LogP contribution is -2.58. The van der Waals surface area contributed by atoms with Gasteiger partial charge in [0.15, 0.2) is 0 Å². The summed E-state index contributed by atoms with van der Waals surface area (Å²) in [6, 6.07) is 0.401. The summed E-state index contributed by atoms with van der Waals surface area (Å²) in [5.41, 5.74) is 7.03. The summed E-state index contributed by atoms with van der Waals surface area (Å²) in [5.74, 6) is 0.776. The topological polar surface area (TPSA) is 29.3 Å². The van der Waals surface area contributed by atoms with Crippen molar-refractivity contribution in [1.82, 2.24) is 4.90 Å². The number of rotatable bonds is 3. The average Bonchev–Trinajstić information content (AvgIpc) is 2.66. The molecule has 0 saturated heterocycles. The second-order valence-electron chi connectivity index (χ2n) is 6.48. The van der Waals surface area contributed by atoms with Crippen molar-refractivity contribution in [2.24, 2.45) is 11.7 Å².